The Labute approximate surface area is 102 Å². The number of hydrogen-bond acceptors (Lipinski definition) is 2. The van der Waals surface area contributed by atoms with E-state index < -0.39 is 17.5 Å². The first-order valence-corrected chi connectivity index (χ1v) is 5.42. The smallest absolute Gasteiger partial charge is 0.194 e. The van der Waals surface area contributed by atoms with Crippen molar-refractivity contribution >= 4 is 5.82 Å². The topological polar surface area (TPSA) is 43.8 Å². The summed E-state index contributed by atoms with van der Waals surface area (Å²) in [5.41, 5.74) is 7.03. The normalized spacial score (nSPS) is 10.9. The van der Waals surface area contributed by atoms with E-state index in [1.54, 1.807) is 7.05 Å². The third-order valence-electron chi connectivity index (χ3n) is 2.80. The zero-order valence-corrected chi connectivity index (χ0v) is 9.97. The summed E-state index contributed by atoms with van der Waals surface area (Å²) in [5, 5.41) is 4.10. The van der Waals surface area contributed by atoms with Crippen molar-refractivity contribution in [2.75, 3.05) is 5.73 Å². The van der Waals surface area contributed by atoms with E-state index in [0.717, 1.165) is 12.1 Å². The third-order valence-corrected chi connectivity index (χ3v) is 2.80. The summed E-state index contributed by atoms with van der Waals surface area (Å²) in [7, 11) is 1.63. The van der Waals surface area contributed by atoms with Gasteiger partial charge in [0.1, 0.15) is 5.82 Å². The van der Waals surface area contributed by atoms with Crippen LogP contribution in [-0.4, -0.2) is 9.78 Å². The van der Waals surface area contributed by atoms with Gasteiger partial charge in [0.05, 0.1) is 5.69 Å². The molecule has 0 radical (unpaired) electrons. The summed E-state index contributed by atoms with van der Waals surface area (Å²) >= 11 is 0. The van der Waals surface area contributed by atoms with Crippen LogP contribution in [0.1, 0.15) is 12.5 Å². The van der Waals surface area contributed by atoms with Crippen LogP contribution in [-0.2, 0) is 13.5 Å². The van der Waals surface area contributed by atoms with Gasteiger partial charge in [-0.2, -0.15) is 5.10 Å². The van der Waals surface area contributed by atoms with Crippen molar-refractivity contribution < 1.29 is 13.2 Å². The van der Waals surface area contributed by atoms with Crippen molar-refractivity contribution in [2.45, 2.75) is 13.3 Å². The number of halogens is 3. The van der Waals surface area contributed by atoms with Crippen LogP contribution < -0.4 is 5.73 Å². The fourth-order valence-electron chi connectivity index (χ4n) is 1.85. The molecule has 0 saturated carbocycles. The maximum Gasteiger partial charge on any atom is 0.194 e. The van der Waals surface area contributed by atoms with E-state index in [1.165, 1.54) is 4.68 Å². The van der Waals surface area contributed by atoms with Gasteiger partial charge in [-0.3, -0.25) is 4.68 Å². The van der Waals surface area contributed by atoms with Crippen molar-refractivity contribution in [3.8, 4) is 11.3 Å². The second kappa shape index (κ2) is 4.36. The van der Waals surface area contributed by atoms with Crippen molar-refractivity contribution in [1.29, 1.82) is 0 Å². The highest BCUT2D eigenvalue weighted by Crippen LogP contribution is 2.29. The van der Waals surface area contributed by atoms with Crippen molar-refractivity contribution in [3.05, 3.63) is 35.1 Å². The van der Waals surface area contributed by atoms with Gasteiger partial charge in [0.25, 0.3) is 0 Å². The number of nitrogens with zero attached hydrogens (tertiary/aromatic N) is 2. The summed E-state index contributed by atoms with van der Waals surface area (Å²) in [5.74, 6) is -3.54. The molecule has 0 bridgehead atoms. The van der Waals surface area contributed by atoms with Crippen LogP contribution in [0.25, 0.3) is 11.3 Å². The molecule has 0 amide bonds. The Kier molecular flexibility index (Phi) is 3.02. The van der Waals surface area contributed by atoms with E-state index in [-0.39, 0.29) is 5.56 Å². The van der Waals surface area contributed by atoms with Gasteiger partial charge in [-0.1, -0.05) is 6.92 Å². The third kappa shape index (κ3) is 1.83. The first-order chi connectivity index (χ1) is 8.45. The molecule has 96 valence electrons. The van der Waals surface area contributed by atoms with Crippen LogP contribution in [0, 0.1) is 17.5 Å². The molecule has 6 heteroatoms. The number of hydrogen-bond donors (Lipinski definition) is 1. The number of aryl methyl sites for hydroxylation is 1. The van der Waals surface area contributed by atoms with Gasteiger partial charge in [-0.15, -0.1) is 0 Å². The summed E-state index contributed by atoms with van der Waals surface area (Å²) in [6.45, 7) is 1.85. The van der Waals surface area contributed by atoms with Crippen LogP contribution in [0.5, 0.6) is 0 Å². The fraction of sp³-hybridized carbons (Fsp3) is 0.250. The highest BCUT2D eigenvalue weighted by Gasteiger charge is 2.18. The number of nitrogens with two attached hydrogens (primary N) is 1. The minimum absolute atomic E-state index is 0.176. The molecule has 18 heavy (non-hydrogen) atoms. The molecule has 0 aliphatic heterocycles. The molecule has 2 aromatic rings. The number of nitrogen functional groups attached to an aromatic ring is 1. The van der Waals surface area contributed by atoms with Crippen LogP contribution in [0.3, 0.4) is 0 Å². The molecule has 3 nitrogen and oxygen atoms in total. The van der Waals surface area contributed by atoms with Gasteiger partial charge in [-0.05, 0) is 18.6 Å². The van der Waals surface area contributed by atoms with Crippen molar-refractivity contribution in [3.63, 3.8) is 0 Å². The fourth-order valence-corrected chi connectivity index (χ4v) is 1.85. The highest BCUT2D eigenvalue weighted by atomic mass is 19.2. The summed E-state index contributed by atoms with van der Waals surface area (Å²) in [6.07, 6.45) is 0.565. The van der Waals surface area contributed by atoms with Crippen LogP contribution in [0.4, 0.5) is 19.0 Å². The molecule has 2 rings (SSSR count). The molecule has 1 aromatic heterocycles. The van der Waals surface area contributed by atoms with E-state index in [1.807, 2.05) is 6.92 Å². The highest BCUT2D eigenvalue weighted by molar-refractivity contribution is 5.68. The molecule has 0 saturated heterocycles. The molecule has 1 heterocycles. The van der Waals surface area contributed by atoms with E-state index in [9.17, 15) is 13.2 Å². The Morgan fingerprint density at radius 1 is 1.22 bits per heavy atom. The van der Waals surface area contributed by atoms with Crippen LogP contribution in [0.2, 0.25) is 0 Å². The minimum Gasteiger partial charge on any atom is -0.384 e. The van der Waals surface area contributed by atoms with Crippen LogP contribution in [0.15, 0.2) is 12.1 Å². The quantitative estimate of drug-likeness (QED) is 0.838. The lowest BCUT2D eigenvalue weighted by Crippen LogP contribution is -1.98. The Hall–Kier alpha value is -1.98. The predicted molar refractivity (Wildman–Crippen MR) is 62.3 cm³/mol. The van der Waals surface area contributed by atoms with Crippen molar-refractivity contribution in [1.82, 2.24) is 9.78 Å². The molecule has 0 unspecified atom stereocenters. The van der Waals surface area contributed by atoms with Gasteiger partial charge in [-0.25, -0.2) is 13.2 Å². The lowest BCUT2D eigenvalue weighted by molar-refractivity contribution is 0.447. The van der Waals surface area contributed by atoms with Gasteiger partial charge in [0, 0.05) is 18.2 Å². The van der Waals surface area contributed by atoms with Crippen molar-refractivity contribution in [2.24, 2.45) is 7.05 Å². The van der Waals surface area contributed by atoms with Gasteiger partial charge < -0.3 is 5.73 Å². The SMILES string of the molecule is CCc1c(-c2cc(F)c(F)c(F)c2)nn(C)c1N. The average Bonchev–Trinajstić information content (AvgIpc) is 2.62. The molecular formula is C12H12F3N3. The maximum atomic E-state index is 13.2. The largest absolute Gasteiger partial charge is 0.384 e. The second-order valence-corrected chi connectivity index (χ2v) is 3.94. The average molecular weight is 255 g/mol. The summed E-state index contributed by atoms with van der Waals surface area (Å²) < 4.78 is 40.7. The number of rotatable bonds is 2. The Balaban J connectivity index is 2.66. The molecule has 0 fully saturated rings. The second-order valence-electron chi connectivity index (χ2n) is 3.94. The molecule has 2 N–H and O–H groups in total. The van der Waals surface area contributed by atoms with E-state index >= 15 is 0 Å². The summed E-state index contributed by atoms with van der Waals surface area (Å²) in [6, 6.07) is 1.83. The zero-order valence-electron chi connectivity index (χ0n) is 9.97. The molecule has 0 atom stereocenters. The Morgan fingerprint density at radius 2 is 1.78 bits per heavy atom. The van der Waals surface area contributed by atoms with E-state index in [4.69, 9.17) is 5.73 Å². The van der Waals surface area contributed by atoms with Gasteiger partial charge >= 0.3 is 0 Å². The molecule has 1 aromatic carbocycles. The van der Waals surface area contributed by atoms with Crippen LogP contribution >= 0.6 is 0 Å². The first kappa shape index (κ1) is 12.5. The zero-order chi connectivity index (χ0) is 13.4. The van der Waals surface area contributed by atoms with E-state index in [0.29, 0.717) is 23.5 Å². The molecule has 0 spiro atoms. The van der Waals surface area contributed by atoms with E-state index in [2.05, 4.69) is 5.10 Å². The predicted octanol–water partition coefficient (Wildman–Crippen LogP) is 2.65. The Bertz CT molecular complexity index is 582. The number of benzene rings is 1. The minimum atomic E-state index is -1.49. The Morgan fingerprint density at radius 3 is 2.28 bits per heavy atom. The number of aromatic nitrogens is 2. The monoisotopic (exact) mass is 255 g/mol. The summed E-state index contributed by atoms with van der Waals surface area (Å²) in [4.78, 5) is 0. The molecule has 0 aliphatic carbocycles. The standard InChI is InChI=1S/C12H12F3N3/c1-3-7-11(17-18(2)12(7)16)6-4-8(13)10(15)9(14)5-6/h4-5H,3,16H2,1-2H3. The first-order valence-electron chi connectivity index (χ1n) is 5.42. The lowest BCUT2D eigenvalue weighted by atomic mass is 10.1. The lowest BCUT2D eigenvalue weighted by Gasteiger charge is -2.03. The molecule has 0 aliphatic rings. The number of anilines is 1. The maximum absolute atomic E-state index is 13.2. The molecular weight excluding hydrogens is 243 g/mol. The van der Waals surface area contributed by atoms with Gasteiger partial charge in [0.2, 0.25) is 0 Å². The van der Waals surface area contributed by atoms with Gasteiger partial charge in [0.15, 0.2) is 17.5 Å².